The second-order valence-corrected chi connectivity index (χ2v) is 10.5. The Bertz CT molecular complexity index is 1100. The molecule has 0 saturated heterocycles. The highest BCUT2D eigenvalue weighted by atomic mass is 32.1. The molecule has 5 rings (SSSR count). The zero-order valence-corrected chi connectivity index (χ0v) is 19.6. The van der Waals surface area contributed by atoms with Crippen LogP contribution in [-0.4, -0.2) is 23.3 Å². The van der Waals surface area contributed by atoms with Gasteiger partial charge in [-0.2, -0.15) is 0 Å². The summed E-state index contributed by atoms with van der Waals surface area (Å²) in [6.07, 6.45) is 8.01. The number of thiazole rings is 1. The number of thiophene rings is 1. The van der Waals surface area contributed by atoms with Gasteiger partial charge >= 0.3 is 0 Å². The Labute approximate surface area is 196 Å². The summed E-state index contributed by atoms with van der Waals surface area (Å²) in [7, 11) is 0. The van der Waals surface area contributed by atoms with E-state index in [0.717, 1.165) is 54.0 Å². The maximum Gasteiger partial charge on any atom is 0.231 e. The molecule has 32 heavy (non-hydrogen) atoms. The van der Waals surface area contributed by atoms with Gasteiger partial charge in [0.1, 0.15) is 0 Å². The van der Waals surface area contributed by atoms with Crippen molar-refractivity contribution in [2.24, 2.45) is 5.92 Å². The lowest BCUT2D eigenvalue weighted by Gasteiger charge is -2.33. The van der Waals surface area contributed by atoms with E-state index < -0.39 is 0 Å². The fourth-order valence-corrected chi connectivity index (χ4v) is 6.19. The number of fused-ring (bicyclic) bond motifs is 1. The van der Waals surface area contributed by atoms with Gasteiger partial charge in [0.2, 0.25) is 11.8 Å². The Hall–Kier alpha value is -2.51. The van der Waals surface area contributed by atoms with Gasteiger partial charge in [-0.25, -0.2) is 4.98 Å². The van der Waals surface area contributed by atoms with Gasteiger partial charge in [0.15, 0.2) is 5.13 Å². The minimum atomic E-state index is -0.0457. The molecule has 0 spiro atoms. The Balaban J connectivity index is 1.30. The van der Waals surface area contributed by atoms with E-state index in [1.54, 1.807) is 11.3 Å². The lowest BCUT2D eigenvalue weighted by atomic mass is 9.87. The predicted molar refractivity (Wildman–Crippen MR) is 131 cm³/mol. The second-order valence-electron chi connectivity index (χ2n) is 8.61. The SMILES string of the molecule is O=C(Cc1cccs1)Nc1nc(-c2ccc3c(c2)CCCN3C(=O)C2CCCCC2)cs1. The zero-order valence-electron chi connectivity index (χ0n) is 18.0. The van der Waals surface area contributed by atoms with E-state index in [1.807, 2.05) is 27.8 Å². The van der Waals surface area contributed by atoms with Crippen LogP contribution in [-0.2, 0) is 22.4 Å². The minimum Gasteiger partial charge on any atom is -0.312 e. The molecule has 3 aromatic rings. The summed E-state index contributed by atoms with van der Waals surface area (Å²) < 4.78 is 0. The van der Waals surface area contributed by atoms with Crippen molar-refractivity contribution in [3.8, 4) is 11.3 Å². The number of hydrogen-bond acceptors (Lipinski definition) is 5. The van der Waals surface area contributed by atoms with E-state index in [2.05, 4.69) is 28.5 Å². The van der Waals surface area contributed by atoms with Crippen LogP contribution in [0.2, 0.25) is 0 Å². The fraction of sp³-hybridized carbons (Fsp3) is 0.400. The van der Waals surface area contributed by atoms with Crippen LogP contribution < -0.4 is 10.2 Å². The molecular formula is C25H27N3O2S2. The molecule has 5 nitrogen and oxygen atoms in total. The lowest BCUT2D eigenvalue weighted by Crippen LogP contribution is -2.40. The first-order valence-corrected chi connectivity index (χ1v) is 13.2. The number of nitrogens with one attached hydrogen (secondary N) is 1. The summed E-state index contributed by atoms with van der Waals surface area (Å²) in [6, 6.07) is 10.2. The number of nitrogens with zero attached hydrogens (tertiary/aromatic N) is 2. The normalized spacial score (nSPS) is 16.6. The zero-order chi connectivity index (χ0) is 21.9. The van der Waals surface area contributed by atoms with E-state index in [0.29, 0.717) is 17.5 Å². The van der Waals surface area contributed by atoms with E-state index in [1.165, 1.54) is 36.2 Å². The lowest BCUT2D eigenvalue weighted by molar-refractivity contribution is -0.123. The van der Waals surface area contributed by atoms with E-state index in [9.17, 15) is 9.59 Å². The van der Waals surface area contributed by atoms with Crippen LogP contribution in [0.15, 0.2) is 41.1 Å². The van der Waals surface area contributed by atoms with Crippen LogP contribution in [0.5, 0.6) is 0 Å². The van der Waals surface area contributed by atoms with Crippen molar-refractivity contribution in [1.82, 2.24) is 4.98 Å². The van der Waals surface area contributed by atoms with Crippen molar-refractivity contribution < 1.29 is 9.59 Å². The highest BCUT2D eigenvalue weighted by Gasteiger charge is 2.29. The van der Waals surface area contributed by atoms with Gasteiger partial charge in [0.05, 0.1) is 12.1 Å². The number of carbonyl (C=O) groups excluding carboxylic acids is 2. The molecule has 0 radical (unpaired) electrons. The first-order valence-electron chi connectivity index (χ1n) is 11.4. The molecule has 1 aromatic carbocycles. The number of carbonyl (C=O) groups is 2. The van der Waals surface area contributed by atoms with Gasteiger partial charge in [-0.1, -0.05) is 31.4 Å². The van der Waals surface area contributed by atoms with Gasteiger partial charge in [-0.05, 0) is 54.8 Å². The Morgan fingerprint density at radius 3 is 2.78 bits per heavy atom. The summed E-state index contributed by atoms with van der Waals surface area (Å²) in [5, 5.41) is 7.49. The molecule has 0 unspecified atom stereocenters. The number of aromatic nitrogens is 1. The van der Waals surface area contributed by atoms with Crippen molar-refractivity contribution in [2.45, 2.75) is 51.4 Å². The molecule has 3 heterocycles. The number of anilines is 2. The van der Waals surface area contributed by atoms with E-state index in [-0.39, 0.29) is 11.8 Å². The van der Waals surface area contributed by atoms with Crippen LogP contribution in [0, 0.1) is 5.92 Å². The fourth-order valence-electron chi connectivity index (χ4n) is 4.75. The first-order chi connectivity index (χ1) is 15.7. The summed E-state index contributed by atoms with van der Waals surface area (Å²) in [4.78, 5) is 33.1. The maximum absolute atomic E-state index is 13.2. The number of amides is 2. The molecule has 2 amide bonds. The molecule has 0 bridgehead atoms. The van der Waals surface area contributed by atoms with Crippen LogP contribution in [0.3, 0.4) is 0 Å². The predicted octanol–water partition coefficient (Wildman–Crippen LogP) is 5.91. The minimum absolute atomic E-state index is 0.0457. The van der Waals surface area contributed by atoms with Crippen molar-refractivity contribution in [1.29, 1.82) is 0 Å². The van der Waals surface area contributed by atoms with Crippen LogP contribution in [0.4, 0.5) is 10.8 Å². The standard InChI is InChI=1S/C25H27N3O2S2/c29-23(15-20-9-5-13-31-20)27-25-26-21(16-32-25)18-10-11-22-19(14-18)8-4-12-28(22)24(30)17-6-2-1-3-7-17/h5,9-11,13-14,16-17H,1-4,6-8,12,15H2,(H,26,27,29). The first kappa shape index (κ1) is 21.3. The van der Waals surface area contributed by atoms with Gasteiger partial charge in [0, 0.05) is 34.0 Å². The van der Waals surface area contributed by atoms with Crippen molar-refractivity contribution in [3.63, 3.8) is 0 Å². The van der Waals surface area contributed by atoms with Crippen molar-refractivity contribution >= 4 is 45.3 Å². The number of benzene rings is 1. The largest absolute Gasteiger partial charge is 0.312 e. The molecule has 1 aliphatic carbocycles. The third-order valence-electron chi connectivity index (χ3n) is 6.38. The van der Waals surface area contributed by atoms with Gasteiger partial charge in [-0.15, -0.1) is 22.7 Å². The smallest absolute Gasteiger partial charge is 0.231 e. The average molecular weight is 466 g/mol. The third-order valence-corrected chi connectivity index (χ3v) is 8.01. The van der Waals surface area contributed by atoms with Gasteiger partial charge < -0.3 is 10.2 Å². The molecule has 1 saturated carbocycles. The van der Waals surface area contributed by atoms with Crippen LogP contribution >= 0.6 is 22.7 Å². The summed E-state index contributed by atoms with van der Waals surface area (Å²) in [5.41, 5.74) is 4.18. The molecule has 1 N–H and O–H groups in total. The monoisotopic (exact) mass is 465 g/mol. The van der Waals surface area contributed by atoms with Crippen molar-refractivity contribution in [3.05, 3.63) is 51.5 Å². The number of aryl methyl sites for hydroxylation is 1. The van der Waals surface area contributed by atoms with Gasteiger partial charge in [-0.3, -0.25) is 9.59 Å². The van der Waals surface area contributed by atoms with E-state index >= 15 is 0 Å². The summed E-state index contributed by atoms with van der Waals surface area (Å²) >= 11 is 3.02. The van der Waals surface area contributed by atoms with Crippen molar-refractivity contribution in [2.75, 3.05) is 16.8 Å². The highest BCUT2D eigenvalue weighted by molar-refractivity contribution is 7.14. The highest BCUT2D eigenvalue weighted by Crippen LogP contribution is 2.35. The third kappa shape index (κ3) is 4.64. The molecule has 2 aliphatic rings. The van der Waals surface area contributed by atoms with E-state index in [4.69, 9.17) is 0 Å². The molecule has 1 fully saturated rings. The Kier molecular flexibility index (Phi) is 6.37. The molecule has 2 aromatic heterocycles. The Morgan fingerprint density at radius 2 is 1.97 bits per heavy atom. The molecule has 0 atom stereocenters. The van der Waals surface area contributed by atoms with Gasteiger partial charge in [0.25, 0.3) is 0 Å². The second kappa shape index (κ2) is 9.55. The quantitative estimate of drug-likeness (QED) is 0.509. The molecule has 166 valence electrons. The molecular weight excluding hydrogens is 438 g/mol. The number of rotatable bonds is 5. The topological polar surface area (TPSA) is 62.3 Å². The van der Waals surface area contributed by atoms with Crippen LogP contribution in [0.25, 0.3) is 11.3 Å². The summed E-state index contributed by atoms with van der Waals surface area (Å²) in [5.74, 6) is 0.451. The maximum atomic E-state index is 13.2. The summed E-state index contributed by atoms with van der Waals surface area (Å²) in [6.45, 7) is 0.818. The Morgan fingerprint density at radius 1 is 1.09 bits per heavy atom. The van der Waals surface area contributed by atoms with Crippen LogP contribution in [0.1, 0.15) is 49.0 Å². The number of hydrogen-bond donors (Lipinski definition) is 1. The molecule has 7 heteroatoms. The molecule has 1 aliphatic heterocycles. The average Bonchev–Trinajstić information content (AvgIpc) is 3.50.